The topological polar surface area (TPSA) is 77.8 Å². The second-order valence-electron chi connectivity index (χ2n) is 8.07. The summed E-state index contributed by atoms with van der Waals surface area (Å²) in [5.41, 5.74) is 4.16. The van der Waals surface area contributed by atoms with Gasteiger partial charge in [0.25, 0.3) is 5.91 Å². The average Bonchev–Trinajstić information content (AvgIpc) is 3.27. The van der Waals surface area contributed by atoms with Gasteiger partial charge in [0.1, 0.15) is 11.6 Å². The molecule has 1 amide bonds. The first-order valence-electron chi connectivity index (χ1n) is 10.9. The monoisotopic (exact) mass is 432 g/mol. The average molecular weight is 433 g/mol. The first kappa shape index (κ1) is 21.7. The van der Waals surface area contributed by atoms with E-state index in [0.717, 1.165) is 67.5 Å². The van der Waals surface area contributed by atoms with Crippen molar-refractivity contribution in [2.75, 3.05) is 38.3 Å². The van der Waals surface area contributed by atoms with Crippen molar-refractivity contribution in [3.05, 3.63) is 64.9 Å². The first-order chi connectivity index (χ1) is 15.6. The summed E-state index contributed by atoms with van der Waals surface area (Å²) in [5.74, 6) is 1.23. The third-order valence-electron chi connectivity index (χ3n) is 5.91. The zero-order valence-corrected chi connectivity index (χ0v) is 18.6. The van der Waals surface area contributed by atoms with E-state index in [1.807, 2.05) is 42.2 Å². The summed E-state index contributed by atoms with van der Waals surface area (Å²) in [4.78, 5) is 17.2. The van der Waals surface area contributed by atoms with Crippen molar-refractivity contribution in [1.29, 1.82) is 5.26 Å². The first-order valence-corrected chi connectivity index (χ1v) is 10.9. The molecule has 1 N–H and O–H groups in total. The van der Waals surface area contributed by atoms with Crippen molar-refractivity contribution in [1.82, 2.24) is 9.80 Å². The lowest BCUT2D eigenvalue weighted by atomic mass is 10.1. The Balaban J connectivity index is 1.35. The quantitative estimate of drug-likeness (QED) is 0.557. The molecule has 2 heterocycles. The molecule has 2 aliphatic heterocycles. The smallest absolute Gasteiger partial charge is 0.267 e. The van der Waals surface area contributed by atoms with Gasteiger partial charge in [-0.3, -0.25) is 9.69 Å². The number of nitrogens with one attached hydrogen (secondary N) is 1. The molecule has 1 fully saturated rings. The Kier molecular flexibility index (Phi) is 6.62. The number of amides is 1. The van der Waals surface area contributed by atoms with Crippen molar-refractivity contribution >= 4 is 11.6 Å². The molecule has 0 saturated carbocycles. The van der Waals surface area contributed by atoms with Gasteiger partial charge < -0.3 is 19.7 Å². The highest BCUT2D eigenvalue weighted by Gasteiger charge is 2.20. The van der Waals surface area contributed by atoms with Gasteiger partial charge in [-0.15, -0.1) is 0 Å². The van der Waals surface area contributed by atoms with Crippen LogP contribution in [0.5, 0.6) is 11.5 Å². The number of carbonyl (C=O) groups is 1. The van der Waals surface area contributed by atoms with Gasteiger partial charge in [0, 0.05) is 44.6 Å². The highest BCUT2D eigenvalue weighted by molar-refractivity contribution is 6.07. The Morgan fingerprint density at radius 3 is 2.69 bits per heavy atom. The third kappa shape index (κ3) is 4.87. The zero-order chi connectivity index (χ0) is 22.5. The SMILES string of the molecule is CCc1cccc(C)c1NC(=O)/C(C#N)=C\N1CCN(Cc2ccc3c(c2)OCO3)CC1. The van der Waals surface area contributed by atoms with E-state index in [1.54, 1.807) is 6.20 Å². The Labute approximate surface area is 188 Å². The largest absolute Gasteiger partial charge is 0.454 e. The highest BCUT2D eigenvalue weighted by atomic mass is 16.7. The summed E-state index contributed by atoms with van der Waals surface area (Å²) >= 11 is 0. The lowest BCUT2D eigenvalue weighted by molar-refractivity contribution is -0.112. The van der Waals surface area contributed by atoms with Crippen molar-refractivity contribution in [2.24, 2.45) is 0 Å². The summed E-state index contributed by atoms with van der Waals surface area (Å²) in [5, 5.41) is 12.5. The van der Waals surface area contributed by atoms with Gasteiger partial charge in [-0.1, -0.05) is 31.2 Å². The Bertz CT molecular complexity index is 1070. The number of nitrogens with zero attached hydrogens (tertiary/aromatic N) is 3. The number of fused-ring (bicyclic) bond motifs is 1. The molecule has 0 radical (unpaired) electrons. The summed E-state index contributed by atoms with van der Waals surface area (Å²) < 4.78 is 10.8. The molecule has 0 aliphatic carbocycles. The number of ether oxygens (including phenoxy) is 2. The Morgan fingerprint density at radius 2 is 1.94 bits per heavy atom. The lowest BCUT2D eigenvalue weighted by Crippen LogP contribution is -2.43. The minimum Gasteiger partial charge on any atom is -0.454 e. The van der Waals surface area contributed by atoms with Crippen LogP contribution in [0, 0.1) is 18.3 Å². The molecular weight excluding hydrogens is 404 g/mol. The molecule has 0 atom stereocenters. The van der Waals surface area contributed by atoms with Gasteiger partial charge in [0.05, 0.1) is 0 Å². The normalized spacial score (nSPS) is 16.0. The summed E-state index contributed by atoms with van der Waals surface area (Å²) in [6, 6.07) is 14.1. The van der Waals surface area contributed by atoms with E-state index >= 15 is 0 Å². The molecule has 166 valence electrons. The molecule has 7 heteroatoms. The van der Waals surface area contributed by atoms with E-state index in [2.05, 4.69) is 29.3 Å². The van der Waals surface area contributed by atoms with Crippen LogP contribution in [0.2, 0.25) is 0 Å². The van der Waals surface area contributed by atoms with Crippen LogP contribution in [-0.2, 0) is 17.8 Å². The maximum Gasteiger partial charge on any atom is 0.267 e. The fourth-order valence-electron chi connectivity index (χ4n) is 4.05. The number of hydrogen-bond donors (Lipinski definition) is 1. The predicted molar refractivity (Wildman–Crippen MR) is 122 cm³/mol. The third-order valence-corrected chi connectivity index (χ3v) is 5.91. The number of anilines is 1. The van der Waals surface area contributed by atoms with Crippen molar-refractivity contribution in [3.8, 4) is 17.6 Å². The number of para-hydroxylation sites is 1. The molecule has 0 bridgehead atoms. The minimum atomic E-state index is -0.362. The van der Waals surface area contributed by atoms with E-state index in [9.17, 15) is 10.1 Å². The number of rotatable bonds is 6. The van der Waals surface area contributed by atoms with Gasteiger partial charge in [-0.2, -0.15) is 5.26 Å². The molecule has 1 saturated heterocycles. The van der Waals surface area contributed by atoms with E-state index in [0.29, 0.717) is 0 Å². The number of aryl methyl sites for hydroxylation is 2. The standard InChI is InChI=1S/C25H28N4O3/c1-3-20-6-4-5-18(2)24(20)27-25(30)21(14-26)16-29-11-9-28(10-12-29)15-19-7-8-22-23(13-19)32-17-31-22/h4-8,13,16H,3,9-12,15,17H2,1-2H3,(H,27,30)/b21-16-. The number of benzene rings is 2. The van der Waals surface area contributed by atoms with Gasteiger partial charge in [0.15, 0.2) is 11.5 Å². The van der Waals surface area contributed by atoms with Crippen LogP contribution in [0.25, 0.3) is 0 Å². The number of nitriles is 1. The molecule has 4 rings (SSSR count). The molecule has 2 aromatic carbocycles. The van der Waals surface area contributed by atoms with Crippen LogP contribution in [0.15, 0.2) is 48.2 Å². The number of piperazine rings is 1. The van der Waals surface area contributed by atoms with Crippen LogP contribution in [0.3, 0.4) is 0 Å². The Hall–Kier alpha value is -3.50. The summed E-state index contributed by atoms with van der Waals surface area (Å²) in [6.45, 7) is 8.33. The second kappa shape index (κ2) is 9.75. The van der Waals surface area contributed by atoms with Gasteiger partial charge >= 0.3 is 0 Å². The summed E-state index contributed by atoms with van der Waals surface area (Å²) in [6.07, 6.45) is 2.51. The van der Waals surface area contributed by atoms with Crippen LogP contribution < -0.4 is 14.8 Å². The van der Waals surface area contributed by atoms with Crippen LogP contribution >= 0.6 is 0 Å². The molecule has 2 aliphatic rings. The second-order valence-corrected chi connectivity index (χ2v) is 8.07. The van der Waals surface area contributed by atoms with E-state index in [1.165, 1.54) is 5.56 Å². The number of hydrogen-bond acceptors (Lipinski definition) is 6. The fraction of sp³-hybridized carbons (Fsp3) is 0.360. The molecule has 0 spiro atoms. The summed E-state index contributed by atoms with van der Waals surface area (Å²) in [7, 11) is 0. The lowest BCUT2D eigenvalue weighted by Gasteiger charge is -2.34. The highest BCUT2D eigenvalue weighted by Crippen LogP contribution is 2.32. The molecule has 7 nitrogen and oxygen atoms in total. The molecule has 32 heavy (non-hydrogen) atoms. The van der Waals surface area contributed by atoms with Gasteiger partial charge in [-0.05, 0) is 42.2 Å². The van der Waals surface area contributed by atoms with Gasteiger partial charge in [-0.25, -0.2) is 0 Å². The molecule has 2 aromatic rings. The minimum absolute atomic E-state index is 0.125. The molecular formula is C25H28N4O3. The van der Waals surface area contributed by atoms with Gasteiger partial charge in [0.2, 0.25) is 6.79 Å². The van der Waals surface area contributed by atoms with Crippen LogP contribution in [0.4, 0.5) is 5.69 Å². The van der Waals surface area contributed by atoms with Crippen molar-refractivity contribution in [2.45, 2.75) is 26.8 Å². The van der Waals surface area contributed by atoms with Crippen molar-refractivity contribution < 1.29 is 14.3 Å². The molecule has 0 aromatic heterocycles. The maximum absolute atomic E-state index is 12.8. The predicted octanol–water partition coefficient (Wildman–Crippen LogP) is 3.45. The number of carbonyl (C=O) groups excluding carboxylic acids is 1. The fourth-order valence-corrected chi connectivity index (χ4v) is 4.05. The van der Waals surface area contributed by atoms with E-state index < -0.39 is 0 Å². The van der Waals surface area contributed by atoms with Crippen LogP contribution in [-0.4, -0.2) is 48.7 Å². The van der Waals surface area contributed by atoms with E-state index in [-0.39, 0.29) is 18.3 Å². The van der Waals surface area contributed by atoms with Crippen LogP contribution in [0.1, 0.15) is 23.6 Å². The van der Waals surface area contributed by atoms with E-state index in [4.69, 9.17) is 9.47 Å². The molecule has 0 unspecified atom stereocenters. The zero-order valence-electron chi connectivity index (χ0n) is 18.6. The Morgan fingerprint density at radius 1 is 1.16 bits per heavy atom. The maximum atomic E-state index is 12.8. The van der Waals surface area contributed by atoms with Crippen molar-refractivity contribution in [3.63, 3.8) is 0 Å².